The molecule has 0 radical (unpaired) electrons. The number of aromatic carboxylic acids is 1. The molecule has 1 aromatic carbocycles. The lowest BCUT2D eigenvalue weighted by molar-refractivity contribution is -0.126. The van der Waals surface area contributed by atoms with E-state index in [1.165, 1.54) is 11.8 Å². The van der Waals surface area contributed by atoms with E-state index in [-0.39, 0.29) is 5.91 Å². The molecule has 15 heavy (non-hydrogen) atoms. The summed E-state index contributed by atoms with van der Waals surface area (Å²) >= 11 is 0. The van der Waals surface area contributed by atoms with E-state index >= 15 is 0 Å². The summed E-state index contributed by atoms with van der Waals surface area (Å²) in [5.41, 5.74) is 0.331. The number of hydrogen-bond donors (Lipinski definition) is 1. The molecule has 1 N–H and O–H groups in total. The molecule has 0 aliphatic carbocycles. The van der Waals surface area contributed by atoms with Gasteiger partial charge < -0.3 is 10.0 Å². The molecule has 1 aromatic rings. The molecule has 0 unspecified atom stereocenters. The first-order valence-electron chi connectivity index (χ1n) is 4.41. The number of hydrogen-bond acceptors (Lipinski definition) is 2. The summed E-state index contributed by atoms with van der Waals surface area (Å²) in [6.07, 6.45) is 0. The van der Waals surface area contributed by atoms with Crippen LogP contribution in [0, 0.1) is 0 Å². The van der Waals surface area contributed by atoms with E-state index in [0.29, 0.717) is 5.56 Å². The number of amides is 1. The Morgan fingerprint density at radius 3 is 1.73 bits per heavy atom. The first kappa shape index (κ1) is 13.2. The second kappa shape index (κ2) is 6.59. The summed E-state index contributed by atoms with van der Waals surface area (Å²) in [7, 11) is 3.45. The van der Waals surface area contributed by atoms with E-state index in [9.17, 15) is 9.59 Å². The minimum Gasteiger partial charge on any atom is -0.478 e. The van der Waals surface area contributed by atoms with Gasteiger partial charge in [-0.3, -0.25) is 4.79 Å². The Labute approximate surface area is 89.1 Å². The van der Waals surface area contributed by atoms with E-state index in [4.69, 9.17) is 5.11 Å². The van der Waals surface area contributed by atoms with Crippen molar-refractivity contribution in [3.63, 3.8) is 0 Å². The first-order chi connectivity index (χ1) is 6.95. The van der Waals surface area contributed by atoms with Crippen LogP contribution in [0.3, 0.4) is 0 Å². The van der Waals surface area contributed by atoms with Crippen molar-refractivity contribution >= 4 is 11.9 Å². The second-order valence-electron chi connectivity index (χ2n) is 3.08. The van der Waals surface area contributed by atoms with Crippen molar-refractivity contribution in [1.29, 1.82) is 0 Å². The molecule has 0 saturated heterocycles. The molecule has 0 saturated carbocycles. The van der Waals surface area contributed by atoms with Gasteiger partial charge in [0.15, 0.2) is 0 Å². The van der Waals surface area contributed by atoms with E-state index < -0.39 is 5.97 Å². The van der Waals surface area contributed by atoms with Gasteiger partial charge in [-0.2, -0.15) is 0 Å². The van der Waals surface area contributed by atoms with Crippen LogP contribution in [0.2, 0.25) is 0 Å². The standard InChI is InChI=1S/C7H6O2.C4H9NO/c8-7(9)6-4-2-1-3-5-6;1-4(6)5(2)3/h1-5H,(H,8,9);1-3H3. The zero-order chi connectivity index (χ0) is 11.8. The Hall–Kier alpha value is -1.84. The lowest BCUT2D eigenvalue weighted by Gasteiger charge is -2.02. The molecule has 1 amide bonds. The molecule has 82 valence electrons. The number of carbonyl (C=O) groups is 2. The van der Waals surface area contributed by atoms with Gasteiger partial charge in [0, 0.05) is 21.0 Å². The van der Waals surface area contributed by atoms with Crippen molar-refractivity contribution in [2.24, 2.45) is 0 Å². The molecule has 0 aliphatic heterocycles. The summed E-state index contributed by atoms with van der Waals surface area (Å²) in [5.74, 6) is -0.786. The number of nitrogens with zero attached hydrogens (tertiary/aromatic N) is 1. The fourth-order valence-corrected chi connectivity index (χ4v) is 0.581. The Balaban J connectivity index is 0.000000288. The third-order valence-corrected chi connectivity index (χ3v) is 1.65. The summed E-state index contributed by atoms with van der Waals surface area (Å²) in [5, 5.41) is 8.38. The molecule has 4 heteroatoms. The quantitative estimate of drug-likeness (QED) is 0.762. The zero-order valence-corrected chi connectivity index (χ0v) is 9.10. The van der Waals surface area contributed by atoms with Crippen molar-refractivity contribution in [3.05, 3.63) is 35.9 Å². The van der Waals surface area contributed by atoms with Crippen LogP contribution >= 0.6 is 0 Å². The van der Waals surface area contributed by atoms with Gasteiger partial charge in [0.1, 0.15) is 0 Å². The Kier molecular flexibility index (Phi) is 5.78. The summed E-state index contributed by atoms with van der Waals surface area (Å²) in [6.45, 7) is 1.53. The SMILES string of the molecule is CC(=O)N(C)C.O=C(O)c1ccccc1. The highest BCUT2D eigenvalue weighted by Gasteiger charge is 1.96. The number of carboxylic acids is 1. The summed E-state index contributed by atoms with van der Waals surface area (Å²) in [4.78, 5) is 21.8. The molecule has 4 nitrogen and oxygen atoms in total. The van der Waals surface area contributed by atoms with Crippen LogP contribution in [-0.4, -0.2) is 36.0 Å². The largest absolute Gasteiger partial charge is 0.478 e. The lowest BCUT2D eigenvalue weighted by Crippen LogP contribution is -2.17. The molecule has 0 spiro atoms. The van der Waals surface area contributed by atoms with E-state index in [2.05, 4.69) is 0 Å². The highest BCUT2D eigenvalue weighted by atomic mass is 16.4. The van der Waals surface area contributed by atoms with Crippen LogP contribution in [0.1, 0.15) is 17.3 Å². The minimum absolute atomic E-state index is 0.0926. The third kappa shape index (κ3) is 6.26. The zero-order valence-electron chi connectivity index (χ0n) is 9.10. The first-order valence-corrected chi connectivity index (χ1v) is 4.41. The van der Waals surface area contributed by atoms with Crippen molar-refractivity contribution < 1.29 is 14.7 Å². The smallest absolute Gasteiger partial charge is 0.335 e. The summed E-state index contributed by atoms with van der Waals surface area (Å²) < 4.78 is 0. The lowest BCUT2D eigenvalue weighted by atomic mass is 10.2. The van der Waals surface area contributed by atoms with Crippen LogP contribution in [0.15, 0.2) is 30.3 Å². The van der Waals surface area contributed by atoms with Gasteiger partial charge in [0.25, 0.3) is 0 Å². The van der Waals surface area contributed by atoms with Gasteiger partial charge in [0.05, 0.1) is 5.56 Å². The molecule has 0 aromatic heterocycles. The fraction of sp³-hybridized carbons (Fsp3) is 0.273. The van der Waals surface area contributed by atoms with Crippen LogP contribution < -0.4 is 0 Å². The maximum absolute atomic E-state index is 10.2. The predicted octanol–water partition coefficient (Wildman–Crippen LogP) is 1.48. The van der Waals surface area contributed by atoms with Gasteiger partial charge in [0.2, 0.25) is 5.91 Å². The van der Waals surface area contributed by atoms with Crippen molar-refractivity contribution in [2.45, 2.75) is 6.92 Å². The van der Waals surface area contributed by atoms with Gasteiger partial charge >= 0.3 is 5.97 Å². The van der Waals surface area contributed by atoms with E-state index in [1.807, 2.05) is 0 Å². The van der Waals surface area contributed by atoms with Gasteiger partial charge in [-0.25, -0.2) is 4.79 Å². The van der Waals surface area contributed by atoms with Crippen LogP contribution in [0.4, 0.5) is 0 Å². The van der Waals surface area contributed by atoms with Gasteiger partial charge in [-0.1, -0.05) is 18.2 Å². The molecule has 0 aliphatic rings. The van der Waals surface area contributed by atoms with Crippen molar-refractivity contribution in [2.75, 3.05) is 14.1 Å². The minimum atomic E-state index is -0.879. The average molecular weight is 209 g/mol. The van der Waals surface area contributed by atoms with Crippen LogP contribution in [0.25, 0.3) is 0 Å². The average Bonchev–Trinajstić information content (AvgIpc) is 2.20. The van der Waals surface area contributed by atoms with Crippen LogP contribution in [-0.2, 0) is 4.79 Å². The second-order valence-corrected chi connectivity index (χ2v) is 3.08. The number of rotatable bonds is 1. The Bertz CT molecular complexity index is 320. The molecule has 0 atom stereocenters. The highest BCUT2D eigenvalue weighted by molar-refractivity contribution is 5.87. The van der Waals surface area contributed by atoms with Gasteiger partial charge in [-0.15, -0.1) is 0 Å². The van der Waals surface area contributed by atoms with E-state index in [1.54, 1.807) is 44.4 Å². The van der Waals surface area contributed by atoms with Crippen LogP contribution in [0.5, 0.6) is 0 Å². The predicted molar refractivity (Wildman–Crippen MR) is 57.8 cm³/mol. The monoisotopic (exact) mass is 209 g/mol. The number of carboxylic acid groups (broad SMARTS) is 1. The van der Waals surface area contributed by atoms with Gasteiger partial charge in [-0.05, 0) is 12.1 Å². The molecule has 0 heterocycles. The molecular formula is C11H15NO3. The fourth-order valence-electron chi connectivity index (χ4n) is 0.581. The molecular weight excluding hydrogens is 194 g/mol. The normalized spacial score (nSPS) is 8.47. The summed E-state index contributed by atoms with van der Waals surface area (Å²) in [6, 6.07) is 8.30. The maximum atomic E-state index is 10.2. The maximum Gasteiger partial charge on any atom is 0.335 e. The number of carbonyl (C=O) groups excluding carboxylic acids is 1. The number of benzene rings is 1. The molecule has 0 fully saturated rings. The highest BCUT2D eigenvalue weighted by Crippen LogP contribution is 1.96. The Morgan fingerprint density at radius 1 is 1.13 bits per heavy atom. The topological polar surface area (TPSA) is 57.6 Å². The van der Waals surface area contributed by atoms with Crippen molar-refractivity contribution in [3.8, 4) is 0 Å². The molecule has 0 bridgehead atoms. The van der Waals surface area contributed by atoms with E-state index in [0.717, 1.165) is 0 Å². The Morgan fingerprint density at radius 2 is 1.53 bits per heavy atom. The third-order valence-electron chi connectivity index (χ3n) is 1.65. The molecule has 1 rings (SSSR count). The van der Waals surface area contributed by atoms with Crippen molar-refractivity contribution in [1.82, 2.24) is 4.90 Å².